The number of aromatic nitrogens is 6. The molecule has 1 saturated heterocycles. The van der Waals surface area contributed by atoms with Crippen LogP contribution in [-0.2, 0) is 35.3 Å². The van der Waals surface area contributed by atoms with Gasteiger partial charge in [-0.1, -0.05) is 16.9 Å². The summed E-state index contributed by atoms with van der Waals surface area (Å²) < 4.78 is 10.7. The van der Waals surface area contributed by atoms with E-state index in [9.17, 15) is 34.2 Å². The van der Waals surface area contributed by atoms with Crippen molar-refractivity contribution in [3.63, 3.8) is 0 Å². The third-order valence-corrected chi connectivity index (χ3v) is 9.30. The van der Waals surface area contributed by atoms with Crippen LogP contribution >= 0.6 is 35.1 Å². The van der Waals surface area contributed by atoms with Crippen LogP contribution in [0.15, 0.2) is 21.6 Å². The number of carbonyl (C=O) groups is 5. The molecule has 0 aliphatic carbocycles. The monoisotopic (exact) mass is 727 g/mol. The molecule has 3 amide bonds. The summed E-state index contributed by atoms with van der Waals surface area (Å²) in [6, 6.07) is -1.14. The number of carboxylic acid groups (broad SMARTS) is 2. The lowest BCUT2D eigenvalue weighted by molar-refractivity contribution is -0.161. The first-order valence-electron chi connectivity index (χ1n) is 14.1. The first kappa shape index (κ1) is 36.3. The van der Waals surface area contributed by atoms with E-state index in [0.717, 1.165) is 16.4 Å². The van der Waals surface area contributed by atoms with Gasteiger partial charge in [-0.25, -0.2) is 19.1 Å². The number of hydrogen-bond acceptors (Lipinski definition) is 17. The predicted octanol–water partition coefficient (Wildman–Crippen LogP) is 0.136. The number of rotatable bonds is 14. The van der Waals surface area contributed by atoms with E-state index in [0.29, 0.717) is 30.2 Å². The molecule has 20 nitrogen and oxygen atoms in total. The first-order chi connectivity index (χ1) is 22.5. The maximum Gasteiger partial charge on any atom is 0.407 e. The van der Waals surface area contributed by atoms with Crippen molar-refractivity contribution in [1.82, 2.24) is 45.1 Å². The van der Waals surface area contributed by atoms with Gasteiger partial charge in [-0.3, -0.25) is 14.5 Å². The van der Waals surface area contributed by atoms with Crippen LogP contribution in [0.5, 0.6) is 0 Å². The van der Waals surface area contributed by atoms with Gasteiger partial charge in [-0.15, -0.1) is 16.9 Å². The van der Waals surface area contributed by atoms with Crippen molar-refractivity contribution in [2.75, 3.05) is 23.8 Å². The zero-order valence-corrected chi connectivity index (χ0v) is 28.8. The molecule has 23 heteroatoms. The number of aliphatic carboxylic acids is 2. The Morgan fingerprint density at radius 2 is 1.92 bits per heavy atom. The van der Waals surface area contributed by atoms with Crippen molar-refractivity contribution in [3.05, 3.63) is 17.1 Å². The molecule has 48 heavy (non-hydrogen) atoms. The first-order valence-corrected chi connectivity index (χ1v) is 16.9. The van der Waals surface area contributed by atoms with E-state index >= 15 is 0 Å². The van der Waals surface area contributed by atoms with Crippen LogP contribution in [-0.4, -0.2) is 121 Å². The summed E-state index contributed by atoms with van der Waals surface area (Å²) in [5.41, 5.74) is 2.92. The van der Waals surface area contributed by atoms with Gasteiger partial charge in [0, 0.05) is 36.1 Å². The Bertz CT molecular complexity index is 1650. The average Bonchev–Trinajstić information content (AvgIpc) is 3.63. The number of carboxylic acids is 2. The maximum atomic E-state index is 13.2. The number of ether oxygens (including phenoxy) is 1. The second-order valence-electron chi connectivity index (χ2n) is 11.7. The van der Waals surface area contributed by atoms with Crippen LogP contribution in [0, 0.1) is 0 Å². The molecule has 0 bridgehead atoms. The van der Waals surface area contributed by atoms with Crippen LogP contribution in [0.25, 0.3) is 0 Å². The van der Waals surface area contributed by atoms with Crippen molar-refractivity contribution in [3.8, 4) is 0 Å². The minimum atomic E-state index is -1.81. The number of alkyl carbamates (subject to hydrolysis) is 1. The molecule has 4 rings (SSSR count). The largest absolute Gasteiger partial charge is 0.478 e. The van der Waals surface area contributed by atoms with E-state index in [1.807, 2.05) is 0 Å². The lowest BCUT2D eigenvalue weighted by Gasteiger charge is -2.49. The average molecular weight is 728 g/mol. The number of oxime groups is 1. The molecule has 4 heterocycles. The van der Waals surface area contributed by atoms with E-state index in [1.54, 1.807) is 20.8 Å². The zero-order valence-electron chi connectivity index (χ0n) is 26.3. The van der Waals surface area contributed by atoms with Crippen LogP contribution in [0.4, 0.5) is 9.93 Å². The Kier molecular flexibility index (Phi) is 11.1. The lowest BCUT2D eigenvalue weighted by Crippen LogP contribution is -2.71. The molecule has 2 atom stereocenters. The smallest absolute Gasteiger partial charge is 0.407 e. The third kappa shape index (κ3) is 8.69. The summed E-state index contributed by atoms with van der Waals surface area (Å²) in [6.45, 7) is 8.39. The van der Waals surface area contributed by atoms with Gasteiger partial charge in [-0.2, -0.15) is 9.36 Å². The van der Waals surface area contributed by atoms with Crippen LogP contribution in [0.1, 0.15) is 46.9 Å². The summed E-state index contributed by atoms with van der Waals surface area (Å²) in [7, 11) is 0. The maximum absolute atomic E-state index is 13.2. The van der Waals surface area contributed by atoms with Crippen LogP contribution in [0.2, 0.25) is 0 Å². The fourth-order valence-electron chi connectivity index (χ4n) is 4.04. The number of nitrogens with one attached hydrogen (secondary N) is 2. The Morgan fingerprint density at radius 1 is 1.19 bits per heavy atom. The van der Waals surface area contributed by atoms with E-state index in [1.165, 1.54) is 42.1 Å². The highest BCUT2D eigenvalue weighted by Crippen LogP contribution is 2.41. The van der Waals surface area contributed by atoms with Gasteiger partial charge in [0.25, 0.3) is 11.8 Å². The highest BCUT2D eigenvalue weighted by molar-refractivity contribution is 8.01. The Balaban J connectivity index is 1.40. The molecule has 2 aromatic rings. The van der Waals surface area contributed by atoms with Gasteiger partial charge >= 0.3 is 18.0 Å². The molecule has 0 spiro atoms. The minimum Gasteiger partial charge on any atom is -0.478 e. The van der Waals surface area contributed by atoms with Gasteiger partial charge in [0.15, 0.2) is 5.13 Å². The number of tetrazole rings is 1. The number of anilines is 1. The summed E-state index contributed by atoms with van der Waals surface area (Å²) in [4.78, 5) is 72.2. The SMILES string of the molecule is CC(C)(C)OC(=O)NCCCn1nnnc1SCC1=C(C(=O)O)N2C(=O)C(NC(=O)/C(=N/OC(C)(C)C(=O)O)c3nsc(N)n3)[C@H]2SC1. The van der Waals surface area contributed by atoms with Gasteiger partial charge in [0.05, 0.1) is 0 Å². The molecule has 2 aromatic heterocycles. The van der Waals surface area contributed by atoms with Crippen LogP contribution in [0.3, 0.4) is 0 Å². The molecule has 1 fully saturated rings. The summed E-state index contributed by atoms with van der Waals surface area (Å²) in [5, 5.41) is 39.5. The number of β-lactam (4-membered cyclic amide) rings is 1. The quantitative estimate of drug-likeness (QED) is 0.0569. The number of carbonyl (C=O) groups excluding carboxylic acids is 3. The number of aryl methyl sites for hydroxylation is 1. The number of nitrogens with zero attached hydrogens (tertiary/aromatic N) is 8. The van der Waals surface area contributed by atoms with E-state index in [-0.39, 0.29) is 28.2 Å². The van der Waals surface area contributed by atoms with Gasteiger partial charge in [0.1, 0.15) is 22.7 Å². The van der Waals surface area contributed by atoms with Crippen molar-refractivity contribution in [2.24, 2.45) is 5.16 Å². The lowest BCUT2D eigenvalue weighted by atomic mass is 10.0. The number of fused-ring (bicyclic) bond motifs is 1. The van der Waals surface area contributed by atoms with Gasteiger partial charge < -0.3 is 36.2 Å². The molecule has 0 radical (unpaired) electrons. The second-order valence-corrected chi connectivity index (χ2v) is 14.5. The zero-order chi connectivity index (χ0) is 35.4. The Labute approximate surface area is 285 Å². The van der Waals surface area contributed by atoms with Crippen molar-refractivity contribution < 1.29 is 43.8 Å². The van der Waals surface area contributed by atoms with E-state index in [4.69, 9.17) is 15.3 Å². The molecule has 1 unspecified atom stereocenters. The molecular weight excluding hydrogens is 695 g/mol. The number of thioether (sulfide) groups is 2. The Morgan fingerprint density at radius 3 is 2.54 bits per heavy atom. The number of amides is 3. The van der Waals surface area contributed by atoms with Crippen molar-refractivity contribution in [2.45, 2.75) is 75.4 Å². The molecule has 0 saturated carbocycles. The molecule has 260 valence electrons. The molecule has 6 N–H and O–H groups in total. The number of hydrogen-bond donors (Lipinski definition) is 5. The highest BCUT2D eigenvalue weighted by atomic mass is 32.2. The fourth-order valence-corrected chi connectivity index (χ4v) is 6.87. The van der Waals surface area contributed by atoms with E-state index in [2.05, 4.69) is 40.7 Å². The Hall–Kier alpha value is -4.51. The molecule has 2 aliphatic heterocycles. The third-order valence-electron chi connectivity index (χ3n) is 6.37. The topological polar surface area (TPSA) is 279 Å². The molecular formula is C25H33N11O9S3. The van der Waals surface area contributed by atoms with Crippen LogP contribution < -0.4 is 16.4 Å². The molecule has 2 aliphatic rings. The van der Waals surface area contributed by atoms with Gasteiger partial charge in [-0.05, 0) is 57.0 Å². The minimum absolute atomic E-state index is 0.00241. The van der Waals surface area contributed by atoms with E-state index < -0.39 is 58.2 Å². The fraction of sp³-hybridized carbons (Fsp3) is 0.560. The van der Waals surface area contributed by atoms with Gasteiger partial charge in [0.2, 0.25) is 22.3 Å². The number of nitrogens with two attached hydrogens (primary N) is 1. The summed E-state index contributed by atoms with van der Waals surface area (Å²) in [6.07, 6.45) is -0.0447. The summed E-state index contributed by atoms with van der Waals surface area (Å²) in [5.74, 6) is -4.19. The normalized spacial score (nSPS) is 18.1. The van der Waals surface area contributed by atoms with Crippen molar-refractivity contribution >= 4 is 75.7 Å². The highest BCUT2D eigenvalue weighted by Gasteiger charge is 2.54. The second kappa shape index (κ2) is 14.7. The predicted molar refractivity (Wildman–Crippen MR) is 171 cm³/mol. The van der Waals surface area contributed by atoms with Crippen molar-refractivity contribution in [1.29, 1.82) is 0 Å². The number of nitrogen functional groups attached to an aromatic ring is 1. The standard InChI is InChI=1S/C25H33N11O9S3/c1-24(2,3)44-23(43)27-7-6-8-35-22(30-33-34-35)47-10-11-9-46-18-13(17(38)36(18)14(11)19(39)40)28-16(37)12(15-29-21(26)48-32-15)31-45-25(4,5)20(41)42/h13,18H,6-10H2,1-5H3,(H,27,43)(H,28,37)(H,39,40)(H,41,42)(H2,26,29,32)/b31-12+/t13?,18-/m1/s1. The molecule has 0 aromatic carbocycles. The summed E-state index contributed by atoms with van der Waals surface area (Å²) >= 11 is 3.19.